The highest BCUT2D eigenvalue weighted by Crippen LogP contribution is 2.14. The van der Waals surface area contributed by atoms with Gasteiger partial charge < -0.3 is 27.4 Å². The van der Waals surface area contributed by atoms with Crippen LogP contribution in [0.2, 0.25) is 0 Å². The topological polar surface area (TPSA) is 163 Å². The molecular weight excluding hydrogens is 456 g/mol. The van der Waals surface area contributed by atoms with Crippen LogP contribution in [0.4, 0.5) is 0 Å². The van der Waals surface area contributed by atoms with Gasteiger partial charge in [-0.25, -0.2) is 0 Å². The summed E-state index contributed by atoms with van der Waals surface area (Å²) in [6.45, 7) is 7.92. The average Bonchev–Trinajstić information content (AvgIpc) is 2.84. The number of amides is 2. The second-order valence-corrected chi connectivity index (χ2v) is 9.09. The normalized spacial score (nSPS) is 13.4. The zero-order chi connectivity index (χ0) is 26.7. The number of nitrogens with two attached hydrogens (primary N) is 2. The monoisotopic (exact) mass is 493 g/mol. The van der Waals surface area contributed by atoms with E-state index in [0.29, 0.717) is 36.9 Å². The number of ketones is 1. The van der Waals surface area contributed by atoms with E-state index in [1.54, 1.807) is 24.3 Å². The number of hydrogen-bond acceptors (Lipinski definition) is 5. The summed E-state index contributed by atoms with van der Waals surface area (Å²) in [5.74, 6) is -1.59. The number of hydrogen-bond donors (Lipinski definition) is 6. The fourth-order valence-electron chi connectivity index (χ4n) is 3.76. The van der Waals surface area contributed by atoms with Crippen LogP contribution < -0.4 is 27.4 Å². The van der Waals surface area contributed by atoms with Crippen molar-refractivity contribution in [2.75, 3.05) is 6.54 Å². The molecule has 0 saturated heterocycles. The van der Waals surface area contributed by atoms with Gasteiger partial charge in [0.2, 0.25) is 11.8 Å². The van der Waals surface area contributed by atoms with Gasteiger partial charge >= 0.3 is 0 Å². The van der Waals surface area contributed by atoms with Gasteiger partial charge in [0.15, 0.2) is 11.7 Å². The first-order chi connectivity index (χ1) is 17.1. The maximum Gasteiger partial charge on any atom is 0.243 e. The van der Waals surface area contributed by atoms with Gasteiger partial charge in [-0.3, -0.25) is 19.8 Å². The van der Waals surface area contributed by atoms with Gasteiger partial charge in [0, 0.05) is 12.1 Å². The summed E-state index contributed by atoms with van der Waals surface area (Å²) in [5.41, 5.74) is 13.3. The van der Waals surface area contributed by atoms with Crippen LogP contribution in [0, 0.1) is 18.3 Å². The molecule has 3 atom stereocenters. The van der Waals surface area contributed by atoms with Crippen molar-refractivity contribution in [1.82, 2.24) is 16.0 Å². The van der Waals surface area contributed by atoms with Crippen LogP contribution in [-0.2, 0) is 16.0 Å². The van der Waals surface area contributed by atoms with Gasteiger partial charge in [-0.2, -0.15) is 0 Å². The van der Waals surface area contributed by atoms with Crippen molar-refractivity contribution in [2.45, 2.75) is 51.2 Å². The van der Waals surface area contributed by atoms with Crippen molar-refractivity contribution >= 4 is 23.6 Å². The van der Waals surface area contributed by atoms with Crippen LogP contribution in [0.25, 0.3) is 0 Å². The van der Waals surface area contributed by atoms with E-state index in [4.69, 9.17) is 16.9 Å². The fourth-order valence-corrected chi connectivity index (χ4v) is 3.76. The third-order valence-corrected chi connectivity index (χ3v) is 5.78. The molecule has 0 aliphatic rings. The molecule has 2 amide bonds. The molecule has 0 spiro atoms. The molecule has 8 N–H and O–H groups in total. The summed E-state index contributed by atoms with van der Waals surface area (Å²) in [5, 5.41) is 15.6. The van der Waals surface area contributed by atoms with Crippen LogP contribution in [-0.4, -0.2) is 48.2 Å². The predicted octanol–water partition coefficient (Wildman–Crippen LogP) is 1.51. The zero-order valence-corrected chi connectivity index (χ0v) is 20.9. The fraction of sp³-hybridized carbons (Fsp3) is 0.370. The summed E-state index contributed by atoms with van der Waals surface area (Å²) in [4.78, 5) is 39.4. The molecule has 0 aromatic heterocycles. The van der Waals surface area contributed by atoms with E-state index in [2.05, 4.69) is 22.9 Å². The van der Waals surface area contributed by atoms with Gasteiger partial charge in [-0.15, -0.1) is 0 Å². The minimum absolute atomic E-state index is 0.167. The molecule has 0 bridgehead atoms. The Morgan fingerprint density at radius 3 is 2.22 bits per heavy atom. The Bertz CT molecular complexity index is 1040. The van der Waals surface area contributed by atoms with Crippen LogP contribution >= 0.6 is 0 Å². The standard InChI is InChI=1S/C27H37N6O3/c1-17(2)23(33-25(35)21(28)16-19-11-5-4-6-12-19)26(36)32-22(14-9-15-31-27(29)30)24(34)20-13-8-7-10-18(20)3/h4-8,10-13,17,21-23H,3,9,14-16,28H2,1-2H3,(H,32,36)(H,33,35)(H4,29,30,31). The molecule has 0 aliphatic heterocycles. The highest BCUT2D eigenvalue weighted by molar-refractivity contribution is 6.03. The Morgan fingerprint density at radius 1 is 0.972 bits per heavy atom. The number of benzene rings is 2. The van der Waals surface area contributed by atoms with Crippen molar-refractivity contribution < 1.29 is 14.4 Å². The second-order valence-electron chi connectivity index (χ2n) is 9.09. The maximum absolute atomic E-state index is 13.3. The van der Waals surface area contributed by atoms with Crippen molar-refractivity contribution in [2.24, 2.45) is 17.4 Å². The van der Waals surface area contributed by atoms with Crippen LogP contribution in [0.15, 0.2) is 54.6 Å². The molecule has 2 rings (SSSR count). The van der Waals surface area contributed by atoms with Gasteiger partial charge in [0.05, 0.1) is 12.1 Å². The summed E-state index contributed by atoms with van der Waals surface area (Å²) >= 11 is 0. The lowest BCUT2D eigenvalue weighted by atomic mass is 9.95. The average molecular weight is 494 g/mol. The van der Waals surface area contributed by atoms with Crippen molar-refractivity contribution in [3.05, 3.63) is 78.2 Å². The van der Waals surface area contributed by atoms with Crippen LogP contribution in [0.3, 0.4) is 0 Å². The number of guanidine groups is 1. The number of Topliss-reactive ketones (excluding diaryl/α,β-unsaturated/α-hetero) is 1. The number of rotatable bonds is 13. The van der Waals surface area contributed by atoms with E-state index in [1.165, 1.54) is 0 Å². The summed E-state index contributed by atoms with van der Waals surface area (Å²) in [7, 11) is 0. The minimum Gasteiger partial charge on any atom is -0.370 e. The third-order valence-electron chi connectivity index (χ3n) is 5.78. The Morgan fingerprint density at radius 2 is 1.61 bits per heavy atom. The number of nitrogens with one attached hydrogen (secondary N) is 4. The molecule has 9 heteroatoms. The Labute approximate surface area is 212 Å². The summed E-state index contributed by atoms with van der Waals surface area (Å²) in [6, 6.07) is 13.8. The lowest BCUT2D eigenvalue weighted by Gasteiger charge is -2.26. The van der Waals surface area contributed by atoms with Crippen LogP contribution in [0.5, 0.6) is 0 Å². The first kappa shape index (κ1) is 28.5. The van der Waals surface area contributed by atoms with Gasteiger partial charge in [0.1, 0.15) is 6.04 Å². The Balaban J connectivity index is 2.12. The number of carbonyl (C=O) groups excluding carboxylic acids is 3. The van der Waals surface area contributed by atoms with E-state index >= 15 is 0 Å². The molecule has 0 heterocycles. The van der Waals surface area contributed by atoms with Crippen LogP contribution in [0.1, 0.15) is 48.2 Å². The quantitative estimate of drug-likeness (QED) is 0.107. The lowest BCUT2D eigenvalue weighted by Crippen LogP contribution is -2.56. The first-order valence-electron chi connectivity index (χ1n) is 12.0. The molecule has 193 valence electrons. The SMILES string of the molecule is [CH2]c1ccccc1C(=O)C(CCCNC(=N)N)NC(=O)C(NC(=O)C(N)Cc1ccccc1)C(C)C. The third kappa shape index (κ3) is 8.81. The molecule has 0 fully saturated rings. The molecule has 1 radical (unpaired) electrons. The first-order valence-corrected chi connectivity index (χ1v) is 12.0. The van der Waals surface area contributed by atoms with E-state index < -0.39 is 29.9 Å². The maximum atomic E-state index is 13.3. The Hall–Kier alpha value is -3.72. The molecule has 9 nitrogen and oxygen atoms in total. The summed E-state index contributed by atoms with van der Waals surface area (Å²) in [6.07, 6.45) is 1.13. The van der Waals surface area contributed by atoms with Crippen molar-refractivity contribution in [3.8, 4) is 0 Å². The minimum atomic E-state index is -0.875. The lowest BCUT2D eigenvalue weighted by molar-refractivity contribution is -0.130. The van der Waals surface area contributed by atoms with Gasteiger partial charge in [-0.05, 0) is 43.2 Å². The van der Waals surface area contributed by atoms with E-state index in [1.807, 2.05) is 44.2 Å². The zero-order valence-electron chi connectivity index (χ0n) is 20.9. The van der Waals surface area contributed by atoms with Gasteiger partial charge in [-0.1, -0.05) is 68.4 Å². The van der Waals surface area contributed by atoms with E-state index in [0.717, 1.165) is 5.56 Å². The predicted molar refractivity (Wildman–Crippen MR) is 141 cm³/mol. The van der Waals surface area contributed by atoms with Crippen molar-refractivity contribution in [3.63, 3.8) is 0 Å². The van der Waals surface area contributed by atoms with E-state index in [-0.39, 0.29) is 17.7 Å². The molecule has 0 aliphatic carbocycles. The number of carbonyl (C=O) groups is 3. The smallest absolute Gasteiger partial charge is 0.243 e. The highest BCUT2D eigenvalue weighted by Gasteiger charge is 2.30. The highest BCUT2D eigenvalue weighted by atomic mass is 16.2. The molecule has 2 aromatic rings. The molecule has 2 aromatic carbocycles. The Kier molecular flexibility index (Phi) is 11.1. The van der Waals surface area contributed by atoms with Crippen molar-refractivity contribution in [1.29, 1.82) is 5.41 Å². The molecule has 0 saturated carbocycles. The van der Waals surface area contributed by atoms with E-state index in [9.17, 15) is 14.4 Å². The molecule has 3 unspecified atom stereocenters. The molecular formula is C27H37N6O3. The molecule has 36 heavy (non-hydrogen) atoms. The largest absolute Gasteiger partial charge is 0.370 e. The summed E-state index contributed by atoms with van der Waals surface area (Å²) < 4.78 is 0. The second kappa shape index (κ2) is 14.0. The van der Waals surface area contributed by atoms with Gasteiger partial charge in [0.25, 0.3) is 0 Å².